The Hall–Kier alpha value is -2.23. The van der Waals surface area contributed by atoms with E-state index in [2.05, 4.69) is 11.8 Å². The van der Waals surface area contributed by atoms with Gasteiger partial charge in [0.1, 0.15) is 15.8 Å². The highest BCUT2D eigenvalue weighted by atomic mass is 32.2. The van der Waals surface area contributed by atoms with Crippen LogP contribution >= 0.6 is 24.0 Å². The lowest BCUT2D eigenvalue weighted by molar-refractivity contribution is -0.123. The molecule has 1 amide bonds. The third-order valence-electron chi connectivity index (χ3n) is 6.26. The Morgan fingerprint density at radius 3 is 2.94 bits per heavy atom. The summed E-state index contributed by atoms with van der Waals surface area (Å²) in [6.45, 7) is 5.10. The normalized spacial score (nSPS) is 25.5. The minimum Gasteiger partial charge on any atom is -0.376 e. The van der Waals surface area contributed by atoms with Crippen LogP contribution in [-0.4, -0.2) is 56.9 Å². The maximum atomic E-state index is 13.5. The first-order valence-corrected chi connectivity index (χ1v) is 12.4. The number of ether oxygens (including phenoxy) is 1. The van der Waals surface area contributed by atoms with Crippen LogP contribution in [0.3, 0.4) is 0 Å². The standard InChI is InChI=1S/C23H26N4O3S2/c1-15-6-4-9-25(13-15)20-17(21(28)26-10-3-2-8-19(26)24-20)12-18-22(29)27(23(31)32-18)14-16-7-5-11-30-16/h2-3,8,10,12,15-16H,4-7,9,11,13-14H2,1H3/b18-12-/t15-,16+/m0/s1. The van der Waals surface area contributed by atoms with Gasteiger partial charge in [0.15, 0.2) is 0 Å². The second-order valence-corrected chi connectivity index (χ2v) is 10.4. The van der Waals surface area contributed by atoms with E-state index in [1.807, 2.05) is 18.2 Å². The summed E-state index contributed by atoms with van der Waals surface area (Å²) in [6, 6.07) is 5.52. The number of thiocarbonyl (C=S) groups is 1. The van der Waals surface area contributed by atoms with Crippen molar-refractivity contribution in [1.82, 2.24) is 14.3 Å². The Kier molecular flexibility index (Phi) is 6.05. The Bertz CT molecular complexity index is 1160. The van der Waals surface area contributed by atoms with Gasteiger partial charge in [-0.1, -0.05) is 37.0 Å². The molecule has 0 aromatic carbocycles. The van der Waals surface area contributed by atoms with Crippen molar-refractivity contribution in [2.75, 3.05) is 31.1 Å². The third-order valence-corrected chi connectivity index (χ3v) is 7.64. The zero-order valence-corrected chi connectivity index (χ0v) is 19.7. The van der Waals surface area contributed by atoms with Gasteiger partial charge in [0.2, 0.25) is 0 Å². The van der Waals surface area contributed by atoms with Crippen molar-refractivity contribution in [3.05, 3.63) is 45.2 Å². The molecule has 7 nitrogen and oxygen atoms in total. The van der Waals surface area contributed by atoms with Gasteiger partial charge in [0.05, 0.1) is 23.1 Å². The minimum absolute atomic E-state index is 0.0233. The zero-order valence-electron chi connectivity index (χ0n) is 18.0. The van der Waals surface area contributed by atoms with E-state index < -0.39 is 0 Å². The predicted octanol–water partition coefficient (Wildman–Crippen LogP) is 3.31. The number of pyridine rings is 1. The highest BCUT2D eigenvalue weighted by Gasteiger charge is 2.35. The molecule has 2 aromatic rings. The molecule has 168 valence electrons. The number of anilines is 1. The summed E-state index contributed by atoms with van der Waals surface area (Å²) < 4.78 is 7.74. The smallest absolute Gasteiger partial charge is 0.267 e. The first kappa shape index (κ1) is 21.6. The summed E-state index contributed by atoms with van der Waals surface area (Å²) in [4.78, 5) is 35.7. The lowest BCUT2D eigenvalue weighted by Crippen LogP contribution is -2.37. The molecule has 3 saturated heterocycles. The van der Waals surface area contributed by atoms with Crippen LogP contribution in [-0.2, 0) is 9.53 Å². The summed E-state index contributed by atoms with van der Waals surface area (Å²) in [5.74, 6) is 1.01. The number of carbonyl (C=O) groups is 1. The lowest BCUT2D eigenvalue weighted by atomic mass is 10.00. The monoisotopic (exact) mass is 470 g/mol. The Labute approximate surface area is 196 Å². The number of piperidine rings is 1. The Morgan fingerprint density at radius 2 is 2.16 bits per heavy atom. The fraction of sp³-hybridized carbons (Fsp3) is 0.478. The van der Waals surface area contributed by atoms with E-state index >= 15 is 0 Å². The number of carbonyl (C=O) groups excluding carboxylic acids is 1. The number of thioether (sulfide) groups is 1. The van der Waals surface area contributed by atoms with Gasteiger partial charge in [0.25, 0.3) is 11.5 Å². The molecule has 2 atom stereocenters. The van der Waals surface area contributed by atoms with Crippen molar-refractivity contribution >= 4 is 51.7 Å². The van der Waals surface area contributed by atoms with E-state index in [1.165, 1.54) is 22.6 Å². The SMILES string of the molecule is C[C@H]1CCCN(c2nc3ccccn3c(=O)c2/C=C2\SC(=S)N(C[C@H]3CCCO3)C2=O)C1. The summed E-state index contributed by atoms with van der Waals surface area (Å²) in [6.07, 6.45) is 7.59. The number of hydrogen-bond donors (Lipinski definition) is 0. The summed E-state index contributed by atoms with van der Waals surface area (Å²) >= 11 is 6.74. The van der Waals surface area contributed by atoms with Gasteiger partial charge in [0, 0.05) is 25.9 Å². The maximum Gasteiger partial charge on any atom is 0.267 e. The summed E-state index contributed by atoms with van der Waals surface area (Å²) in [5, 5.41) is 0. The number of nitrogens with zero attached hydrogens (tertiary/aromatic N) is 4. The van der Waals surface area contributed by atoms with Crippen molar-refractivity contribution in [2.45, 2.75) is 38.7 Å². The van der Waals surface area contributed by atoms with E-state index in [4.69, 9.17) is 21.9 Å². The molecule has 0 N–H and O–H groups in total. The van der Waals surface area contributed by atoms with Crippen molar-refractivity contribution in [3.63, 3.8) is 0 Å². The van der Waals surface area contributed by atoms with Crippen molar-refractivity contribution in [2.24, 2.45) is 5.92 Å². The lowest BCUT2D eigenvalue weighted by Gasteiger charge is -2.32. The third kappa shape index (κ3) is 4.09. The van der Waals surface area contributed by atoms with Crippen LogP contribution < -0.4 is 10.5 Å². The average Bonchev–Trinajstić information content (AvgIpc) is 3.39. The molecule has 9 heteroatoms. The van der Waals surface area contributed by atoms with Crippen LogP contribution in [0.15, 0.2) is 34.1 Å². The molecule has 5 rings (SSSR count). The number of hydrogen-bond acceptors (Lipinski definition) is 7. The van der Waals surface area contributed by atoms with Crippen molar-refractivity contribution < 1.29 is 9.53 Å². The summed E-state index contributed by atoms with van der Waals surface area (Å²) in [5.41, 5.74) is 0.877. The first-order chi connectivity index (χ1) is 15.5. The van der Waals surface area contributed by atoms with E-state index in [9.17, 15) is 9.59 Å². The molecule has 2 aromatic heterocycles. The molecule has 0 radical (unpaired) electrons. The van der Waals surface area contributed by atoms with Crippen LogP contribution in [0.2, 0.25) is 0 Å². The fourth-order valence-electron chi connectivity index (χ4n) is 4.62. The second-order valence-electron chi connectivity index (χ2n) is 8.70. The van der Waals surface area contributed by atoms with Crippen LogP contribution in [0.1, 0.15) is 38.2 Å². The molecule has 5 heterocycles. The maximum absolute atomic E-state index is 13.5. The van der Waals surface area contributed by atoms with Gasteiger partial charge in [-0.3, -0.25) is 18.9 Å². The zero-order chi connectivity index (χ0) is 22.2. The van der Waals surface area contributed by atoms with Gasteiger partial charge < -0.3 is 9.64 Å². The topological polar surface area (TPSA) is 67.2 Å². The van der Waals surface area contributed by atoms with Crippen LogP contribution in [0.25, 0.3) is 11.7 Å². The summed E-state index contributed by atoms with van der Waals surface area (Å²) in [7, 11) is 0. The van der Waals surface area contributed by atoms with Gasteiger partial charge in [-0.15, -0.1) is 0 Å². The average molecular weight is 471 g/mol. The van der Waals surface area contributed by atoms with Crippen LogP contribution in [0.5, 0.6) is 0 Å². The molecular formula is C23H26N4O3S2. The van der Waals surface area contributed by atoms with Gasteiger partial charge in [-0.25, -0.2) is 4.98 Å². The predicted molar refractivity (Wildman–Crippen MR) is 131 cm³/mol. The highest BCUT2D eigenvalue weighted by Crippen LogP contribution is 2.35. The van der Waals surface area contributed by atoms with E-state index in [0.29, 0.717) is 38.7 Å². The fourth-order valence-corrected chi connectivity index (χ4v) is 5.88. The van der Waals surface area contributed by atoms with Gasteiger partial charge in [-0.2, -0.15) is 0 Å². The molecule has 32 heavy (non-hydrogen) atoms. The number of aromatic nitrogens is 2. The van der Waals surface area contributed by atoms with Gasteiger partial charge in [-0.05, 0) is 49.8 Å². The number of rotatable bonds is 4. The second kappa shape index (κ2) is 8.96. The molecule has 0 bridgehead atoms. The highest BCUT2D eigenvalue weighted by molar-refractivity contribution is 8.26. The molecule has 0 spiro atoms. The molecule has 0 saturated carbocycles. The van der Waals surface area contributed by atoms with E-state index in [1.54, 1.807) is 17.2 Å². The molecule has 3 aliphatic rings. The molecular weight excluding hydrogens is 444 g/mol. The van der Waals surface area contributed by atoms with E-state index in [-0.39, 0.29) is 17.6 Å². The molecule has 0 unspecified atom stereocenters. The first-order valence-electron chi connectivity index (χ1n) is 11.1. The largest absolute Gasteiger partial charge is 0.376 e. The van der Waals surface area contributed by atoms with Crippen LogP contribution in [0, 0.1) is 5.92 Å². The van der Waals surface area contributed by atoms with Crippen LogP contribution in [0.4, 0.5) is 5.82 Å². The quantitative estimate of drug-likeness (QED) is 0.502. The van der Waals surface area contributed by atoms with Crippen molar-refractivity contribution in [3.8, 4) is 0 Å². The van der Waals surface area contributed by atoms with E-state index in [0.717, 1.165) is 39.0 Å². The molecule has 3 fully saturated rings. The Morgan fingerprint density at radius 1 is 1.28 bits per heavy atom. The minimum atomic E-state index is -0.173. The van der Waals surface area contributed by atoms with Crippen molar-refractivity contribution in [1.29, 1.82) is 0 Å². The molecule has 0 aliphatic carbocycles. The number of amides is 1. The van der Waals surface area contributed by atoms with Gasteiger partial charge >= 0.3 is 0 Å². The Balaban J connectivity index is 1.55. The molecule has 3 aliphatic heterocycles. The number of fused-ring (bicyclic) bond motifs is 1.